The number of hydrogen-bond acceptors (Lipinski definition) is 6. The number of carbonyl (C=O) groups is 2. The molecule has 33 heavy (non-hydrogen) atoms. The van der Waals surface area contributed by atoms with Crippen molar-refractivity contribution in [3.63, 3.8) is 0 Å². The number of nitrogens with one attached hydrogen (secondary N) is 1. The van der Waals surface area contributed by atoms with E-state index in [0.717, 1.165) is 28.7 Å². The number of Topliss-reactive ketones (excluding diaryl/α,β-unsaturated/α-hetero) is 1. The number of thioether (sulfide) groups is 1. The lowest BCUT2D eigenvalue weighted by Crippen LogP contribution is -2.38. The standard InChI is InChI=1S/C25H19N5O2S/c26-14-19(25(32)28-16-10-12-27-13-11-16)24(31)22-20-15-33-21-9-5-4-8-18(21)23(20)30(29-22)17-6-2-1-3-7-17/h2-7,9-13,15,17,19H,1,8H2,(H,27,28,32). The molecule has 0 bridgehead atoms. The van der Waals surface area contributed by atoms with E-state index in [1.807, 2.05) is 34.4 Å². The lowest BCUT2D eigenvalue weighted by molar-refractivity contribution is -0.117. The van der Waals surface area contributed by atoms with Crippen LogP contribution in [0.2, 0.25) is 0 Å². The monoisotopic (exact) mass is 453 g/mol. The van der Waals surface area contributed by atoms with Crippen molar-refractivity contribution in [1.82, 2.24) is 14.8 Å². The molecule has 2 aromatic heterocycles. The minimum absolute atomic E-state index is 0.141. The first-order valence-electron chi connectivity index (χ1n) is 10.5. The second kappa shape index (κ2) is 8.88. The number of hydrogen-bond donors (Lipinski definition) is 1. The van der Waals surface area contributed by atoms with Crippen molar-refractivity contribution in [3.05, 3.63) is 88.2 Å². The SMILES string of the molecule is N#CC(C(=O)Nc1ccncc1)C(=O)c1nn(C2C=CCC=C2)c2c1=CSC1=CC=CCC=21. The van der Waals surface area contributed by atoms with Gasteiger partial charge in [0.1, 0.15) is 5.69 Å². The lowest BCUT2D eigenvalue weighted by Gasteiger charge is -2.18. The number of fused-ring (bicyclic) bond motifs is 2. The van der Waals surface area contributed by atoms with Crippen molar-refractivity contribution in [2.45, 2.75) is 18.9 Å². The molecule has 1 unspecified atom stereocenters. The summed E-state index contributed by atoms with van der Waals surface area (Å²) in [6.07, 6.45) is 19.0. The van der Waals surface area contributed by atoms with Crippen LogP contribution in [0.1, 0.15) is 29.4 Å². The quantitative estimate of drug-likeness (QED) is 0.425. The van der Waals surface area contributed by atoms with Gasteiger partial charge in [0.05, 0.1) is 17.5 Å². The minimum atomic E-state index is -1.52. The normalized spacial score (nSPS) is 17.3. The van der Waals surface area contributed by atoms with Crippen molar-refractivity contribution in [1.29, 1.82) is 5.26 Å². The summed E-state index contributed by atoms with van der Waals surface area (Å²) in [5, 5.41) is 20.4. The molecule has 3 heterocycles. The fourth-order valence-electron chi connectivity index (χ4n) is 4.01. The van der Waals surface area contributed by atoms with Crippen LogP contribution in [0, 0.1) is 17.2 Å². The van der Waals surface area contributed by atoms with Gasteiger partial charge in [-0.3, -0.25) is 19.3 Å². The smallest absolute Gasteiger partial charge is 0.249 e. The third-order valence-electron chi connectivity index (χ3n) is 5.60. The Labute approximate surface area is 194 Å². The Kier molecular flexibility index (Phi) is 5.63. The van der Waals surface area contributed by atoms with E-state index < -0.39 is 17.6 Å². The van der Waals surface area contributed by atoms with Crippen LogP contribution in [0.5, 0.6) is 0 Å². The topological polar surface area (TPSA) is 101 Å². The number of pyridine rings is 1. The fraction of sp³-hybridized carbons (Fsp3) is 0.160. The van der Waals surface area contributed by atoms with Gasteiger partial charge in [0.2, 0.25) is 11.7 Å². The van der Waals surface area contributed by atoms with Crippen molar-refractivity contribution in [2.24, 2.45) is 5.92 Å². The van der Waals surface area contributed by atoms with E-state index >= 15 is 0 Å². The number of anilines is 1. The minimum Gasteiger partial charge on any atom is -0.324 e. The van der Waals surface area contributed by atoms with Crippen LogP contribution in [0.4, 0.5) is 5.69 Å². The van der Waals surface area contributed by atoms with Crippen molar-refractivity contribution in [3.8, 4) is 6.07 Å². The molecule has 0 aromatic carbocycles. The molecule has 0 fully saturated rings. The Morgan fingerprint density at radius 3 is 2.76 bits per heavy atom. The van der Waals surface area contributed by atoms with E-state index in [9.17, 15) is 14.9 Å². The number of nitriles is 1. The Balaban J connectivity index is 1.60. The number of amides is 1. The molecular weight excluding hydrogens is 434 g/mol. The summed E-state index contributed by atoms with van der Waals surface area (Å²) in [7, 11) is 0. The van der Waals surface area contributed by atoms with E-state index in [1.54, 1.807) is 12.1 Å². The molecule has 1 aliphatic heterocycles. The number of allylic oxidation sites excluding steroid dienone is 8. The summed E-state index contributed by atoms with van der Waals surface area (Å²) < 4.78 is 1.84. The average molecular weight is 454 g/mol. The molecule has 162 valence electrons. The maximum atomic E-state index is 13.5. The maximum Gasteiger partial charge on any atom is 0.249 e. The van der Waals surface area contributed by atoms with Gasteiger partial charge in [-0.05, 0) is 42.0 Å². The number of rotatable bonds is 5. The molecule has 1 atom stereocenters. The van der Waals surface area contributed by atoms with Crippen molar-refractivity contribution >= 4 is 40.1 Å². The Hall–Kier alpha value is -3.96. The van der Waals surface area contributed by atoms with Gasteiger partial charge in [0.15, 0.2) is 5.92 Å². The lowest BCUT2D eigenvalue weighted by atomic mass is 10.00. The van der Waals surface area contributed by atoms with E-state index in [0.29, 0.717) is 10.9 Å². The first-order chi connectivity index (χ1) is 16.2. The Morgan fingerprint density at radius 2 is 2.00 bits per heavy atom. The number of nitrogens with zero attached hydrogens (tertiary/aromatic N) is 4. The molecular formula is C25H19N5O2S. The summed E-state index contributed by atoms with van der Waals surface area (Å²) in [5.41, 5.74) is 1.70. The van der Waals surface area contributed by atoms with Crippen LogP contribution in [-0.2, 0) is 4.79 Å². The third kappa shape index (κ3) is 3.88. The molecule has 7 nitrogen and oxygen atoms in total. The molecule has 8 heteroatoms. The van der Waals surface area contributed by atoms with Gasteiger partial charge in [0, 0.05) is 28.2 Å². The average Bonchev–Trinajstić information content (AvgIpc) is 3.26. The van der Waals surface area contributed by atoms with Crippen LogP contribution in [0.15, 0.2) is 72.0 Å². The second-order valence-corrected chi connectivity index (χ2v) is 8.58. The molecule has 2 aliphatic carbocycles. The zero-order valence-corrected chi connectivity index (χ0v) is 18.3. The van der Waals surface area contributed by atoms with Gasteiger partial charge >= 0.3 is 0 Å². The summed E-state index contributed by atoms with van der Waals surface area (Å²) in [4.78, 5) is 31.3. The van der Waals surface area contributed by atoms with Crippen LogP contribution in [0.3, 0.4) is 0 Å². The first kappa shape index (κ1) is 20.9. The summed E-state index contributed by atoms with van der Waals surface area (Å²) >= 11 is 1.53. The second-order valence-electron chi connectivity index (χ2n) is 7.67. The van der Waals surface area contributed by atoms with Crippen LogP contribution in [0.25, 0.3) is 11.0 Å². The fourth-order valence-corrected chi connectivity index (χ4v) is 4.96. The predicted molar refractivity (Wildman–Crippen MR) is 127 cm³/mol. The molecule has 3 aliphatic rings. The molecule has 0 spiro atoms. The maximum absolute atomic E-state index is 13.5. The van der Waals surface area contributed by atoms with Gasteiger partial charge in [-0.25, -0.2) is 0 Å². The highest BCUT2D eigenvalue weighted by Crippen LogP contribution is 2.33. The molecule has 5 rings (SSSR count). The molecule has 1 N–H and O–H groups in total. The van der Waals surface area contributed by atoms with Gasteiger partial charge in [-0.1, -0.05) is 48.2 Å². The highest BCUT2D eigenvalue weighted by molar-refractivity contribution is 8.10. The van der Waals surface area contributed by atoms with E-state index in [2.05, 4.69) is 39.7 Å². The van der Waals surface area contributed by atoms with Crippen molar-refractivity contribution < 1.29 is 9.59 Å². The molecule has 0 saturated carbocycles. The van der Waals surface area contributed by atoms with Crippen LogP contribution >= 0.6 is 11.8 Å². The van der Waals surface area contributed by atoms with Gasteiger partial charge < -0.3 is 5.32 Å². The summed E-state index contributed by atoms with van der Waals surface area (Å²) in [5.74, 6) is -2.82. The largest absolute Gasteiger partial charge is 0.324 e. The molecule has 0 saturated heterocycles. The predicted octanol–water partition coefficient (Wildman–Crippen LogP) is 2.78. The Bertz CT molecular complexity index is 1410. The van der Waals surface area contributed by atoms with Crippen molar-refractivity contribution in [2.75, 3.05) is 5.32 Å². The van der Waals surface area contributed by atoms with Gasteiger partial charge in [0.25, 0.3) is 0 Å². The third-order valence-corrected chi connectivity index (χ3v) is 6.59. The van der Waals surface area contributed by atoms with E-state index in [1.165, 1.54) is 24.2 Å². The Morgan fingerprint density at radius 1 is 1.21 bits per heavy atom. The molecule has 2 aromatic rings. The molecule has 0 radical (unpaired) electrons. The van der Waals surface area contributed by atoms with Crippen LogP contribution < -0.4 is 15.9 Å². The van der Waals surface area contributed by atoms with Gasteiger partial charge in [-0.2, -0.15) is 10.4 Å². The van der Waals surface area contributed by atoms with Gasteiger partial charge in [-0.15, -0.1) is 0 Å². The van der Waals surface area contributed by atoms with E-state index in [-0.39, 0.29) is 11.7 Å². The highest BCUT2D eigenvalue weighted by atomic mass is 32.2. The highest BCUT2D eigenvalue weighted by Gasteiger charge is 2.33. The zero-order valence-electron chi connectivity index (χ0n) is 17.5. The van der Waals surface area contributed by atoms with Crippen LogP contribution in [-0.4, -0.2) is 26.5 Å². The summed E-state index contributed by atoms with van der Waals surface area (Å²) in [6, 6.07) is 4.92. The number of ketones is 1. The molecule has 1 amide bonds. The van der Waals surface area contributed by atoms with E-state index in [4.69, 9.17) is 0 Å². The number of carbonyl (C=O) groups excluding carboxylic acids is 2. The first-order valence-corrected chi connectivity index (χ1v) is 11.4. The zero-order chi connectivity index (χ0) is 22.8. The summed E-state index contributed by atoms with van der Waals surface area (Å²) in [6.45, 7) is 0. The number of aromatic nitrogens is 3.